The average molecular weight is 332 g/mol. The molecular weight excluding hydrogens is 314 g/mol. The second-order valence-corrected chi connectivity index (χ2v) is 7.86. The highest BCUT2D eigenvalue weighted by molar-refractivity contribution is 9.11. The molecule has 0 radical (unpaired) electrons. The van der Waals surface area contributed by atoms with E-state index in [0.717, 1.165) is 12.3 Å². The number of aryl methyl sites for hydroxylation is 1. The van der Waals surface area contributed by atoms with Crippen LogP contribution in [0.15, 0.2) is 22.5 Å². The third-order valence-electron chi connectivity index (χ3n) is 2.96. The Kier molecular flexibility index (Phi) is 5.60. The first-order chi connectivity index (χ1) is 8.31. The Morgan fingerprint density at radius 1 is 1.65 bits per heavy atom. The smallest absolute Gasteiger partial charge is 0.0704 e. The van der Waals surface area contributed by atoms with Gasteiger partial charge in [0.15, 0.2) is 0 Å². The summed E-state index contributed by atoms with van der Waals surface area (Å²) in [5, 5.41) is 3.68. The molecule has 0 saturated carbocycles. The van der Waals surface area contributed by atoms with Crippen molar-refractivity contribution in [2.24, 2.45) is 0 Å². The summed E-state index contributed by atoms with van der Waals surface area (Å²) in [5.41, 5.74) is 1.53. The van der Waals surface area contributed by atoms with Crippen LogP contribution in [-0.2, 0) is 6.42 Å². The highest BCUT2D eigenvalue weighted by Gasteiger charge is 2.21. The van der Waals surface area contributed by atoms with Crippen LogP contribution in [0.25, 0.3) is 0 Å². The molecule has 1 atom stereocenters. The second kappa shape index (κ2) is 6.98. The molecule has 1 aliphatic carbocycles. The molecular formula is C13H18BrNS2. The molecule has 0 aromatic carbocycles. The predicted molar refractivity (Wildman–Crippen MR) is 83.2 cm³/mol. The molecule has 1 aromatic rings. The van der Waals surface area contributed by atoms with Crippen molar-refractivity contribution in [2.75, 3.05) is 18.1 Å². The quantitative estimate of drug-likeness (QED) is 0.612. The zero-order valence-electron chi connectivity index (χ0n) is 9.88. The van der Waals surface area contributed by atoms with Crippen molar-refractivity contribution in [1.82, 2.24) is 5.32 Å². The van der Waals surface area contributed by atoms with Crippen LogP contribution in [0, 0.1) is 0 Å². The lowest BCUT2D eigenvalue weighted by Gasteiger charge is -2.23. The molecule has 0 amide bonds. The van der Waals surface area contributed by atoms with E-state index < -0.39 is 0 Å². The van der Waals surface area contributed by atoms with E-state index in [0.29, 0.717) is 6.04 Å². The summed E-state index contributed by atoms with van der Waals surface area (Å²) in [4.78, 5) is 1.57. The molecule has 0 spiro atoms. The van der Waals surface area contributed by atoms with Crippen LogP contribution >= 0.6 is 39.0 Å². The molecule has 17 heavy (non-hydrogen) atoms. The molecule has 0 bridgehead atoms. The number of thiophene rings is 1. The van der Waals surface area contributed by atoms with Gasteiger partial charge in [-0.2, -0.15) is 11.8 Å². The lowest BCUT2D eigenvalue weighted by Crippen LogP contribution is -2.26. The molecule has 1 unspecified atom stereocenters. The standard InChI is InChI=1S/C13H18BrNS2/c1-2-7-16-8-6-15-11-4-3-5-12-10(11)9-13(14)17-12/h2,9,11,15H,1,3-8H2. The zero-order valence-corrected chi connectivity index (χ0v) is 13.1. The Balaban J connectivity index is 1.83. The highest BCUT2D eigenvalue weighted by atomic mass is 79.9. The molecule has 1 aromatic heterocycles. The number of hydrogen-bond donors (Lipinski definition) is 1. The number of rotatable bonds is 6. The van der Waals surface area contributed by atoms with E-state index in [2.05, 4.69) is 33.9 Å². The predicted octanol–water partition coefficient (Wildman–Crippen LogP) is 4.40. The first-order valence-corrected chi connectivity index (χ1v) is 8.78. The Hall–Kier alpha value is 0.230. The van der Waals surface area contributed by atoms with Crippen molar-refractivity contribution in [2.45, 2.75) is 25.3 Å². The molecule has 0 aliphatic heterocycles. The summed E-state index contributed by atoms with van der Waals surface area (Å²) in [7, 11) is 0. The van der Waals surface area contributed by atoms with Crippen molar-refractivity contribution in [1.29, 1.82) is 0 Å². The van der Waals surface area contributed by atoms with Crippen molar-refractivity contribution >= 4 is 39.0 Å². The Labute approximate surface area is 120 Å². The van der Waals surface area contributed by atoms with Crippen molar-refractivity contribution in [3.8, 4) is 0 Å². The van der Waals surface area contributed by atoms with Gasteiger partial charge >= 0.3 is 0 Å². The molecule has 0 fully saturated rings. The minimum atomic E-state index is 0.575. The summed E-state index contributed by atoms with van der Waals surface area (Å²) in [6, 6.07) is 2.87. The average Bonchev–Trinajstić information content (AvgIpc) is 2.70. The largest absolute Gasteiger partial charge is 0.309 e. The SMILES string of the molecule is C=CCSCCNC1CCCc2sc(Br)cc21. The van der Waals surface area contributed by atoms with E-state index in [1.807, 2.05) is 29.2 Å². The minimum Gasteiger partial charge on any atom is -0.309 e. The summed E-state index contributed by atoms with van der Waals surface area (Å²) >= 11 is 7.44. The fourth-order valence-corrected chi connectivity index (χ4v) is 4.62. The molecule has 1 aliphatic rings. The fraction of sp³-hybridized carbons (Fsp3) is 0.538. The molecule has 1 N–H and O–H groups in total. The number of fused-ring (bicyclic) bond motifs is 1. The Morgan fingerprint density at radius 2 is 2.53 bits per heavy atom. The lowest BCUT2D eigenvalue weighted by molar-refractivity contribution is 0.477. The van der Waals surface area contributed by atoms with Crippen LogP contribution in [0.2, 0.25) is 0 Å². The molecule has 2 rings (SSSR count). The normalized spacial score (nSPS) is 19.0. The van der Waals surface area contributed by atoms with Gasteiger partial charge in [0.2, 0.25) is 0 Å². The minimum absolute atomic E-state index is 0.575. The van der Waals surface area contributed by atoms with Gasteiger partial charge in [-0.3, -0.25) is 0 Å². The van der Waals surface area contributed by atoms with Gasteiger partial charge in [-0.05, 0) is 46.8 Å². The Bertz CT molecular complexity index is 375. The van der Waals surface area contributed by atoms with E-state index in [1.54, 1.807) is 4.88 Å². The van der Waals surface area contributed by atoms with Crippen LogP contribution in [0.3, 0.4) is 0 Å². The van der Waals surface area contributed by atoms with E-state index >= 15 is 0 Å². The molecule has 1 nitrogen and oxygen atoms in total. The first kappa shape index (κ1) is 13.7. The van der Waals surface area contributed by atoms with Gasteiger partial charge in [0.05, 0.1) is 3.79 Å². The monoisotopic (exact) mass is 331 g/mol. The van der Waals surface area contributed by atoms with Gasteiger partial charge in [-0.15, -0.1) is 17.9 Å². The molecule has 94 valence electrons. The van der Waals surface area contributed by atoms with E-state index in [1.165, 1.54) is 34.4 Å². The number of thioether (sulfide) groups is 1. The zero-order chi connectivity index (χ0) is 12.1. The molecule has 0 saturated heterocycles. The summed E-state index contributed by atoms with van der Waals surface area (Å²) in [5.74, 6) is 2.23. The van der Waals surface area contributed by atoms with Crippen LogP contribution in [0.4, 0.5) is 0 Å². The summed E-state index contributed by atoms with van der Waals surface area (Å²) < 4.78 is 1.28. The van der Waals surface area contributed by atoms with E-state index in [-0.39, 0.29) is 0 Å². The maximum atomic E-state index is 3.74. The fourth-order valence-electron chi connectivity index (χ4n) is 2.21. The molecule has 4 heteroatoms. The number of halogens is 1. The maximum Gasteiger partial charge on any atom is 0.0704 e. The summed E-state index contributed by atoms with van der Waals surface area (Å²) in [6.45, 7) is 4.83. The van der Waals surface area contributed by atoms with Crippen molar-refractivity contribution in [3.63, 3.8) is 0 Å². The number of hydrogen-bond acceptors (Lipinski definition) is 3. The first-order valence-electron chi connectivity index (χ1n) is 6.01. The second-order valence-electron chi connectivity index (χ2n) is 4.19. The topological polar surface area (TPSA) is 12.0 Å². The van der Waals surface area contributed by atoms with Crippen molar-refractivity contribution < 1.29 is 0 Å². The van der Waals surface area contributed by atoms with Crippen LogP contribution in [0.1, 0.15) is 29.3 Å². The Morgan fingerprint density at radius 3 is 3.35 bits per heavy atom. The van der Waals surface area contributed by atoms with Gasteiger partial charge < -0.3 is 5.32 Å². The van der Waals surface area contributed by atoms with E-state index in [4.69, 9.17) is 0 Å². The van der Waals surface area contributed by atoms with Crippen LogP contribution < -0.4 is 5.32 Å². The highest BCUT2D eigenvalue weighted by Crippen LogP contribution is 2.37. The van der Waals surface area contributed by atoms with Gasteiger partial charge in [0, 0.05) is 29.0 Å². The van der Waals surface area contributed by atoms with Gasteiger partial charge in [0.1, 0.15) is 0 Å². The van der Waals surface area contributed by atoms with Crippen LogP contribution in [0.5, 0.6) is 0 Å². The third kappa shape index (κ3) is 3.85. The van der Waals surface area contributed by atoms with E-state index in [9.17, 15) is 0 Å². The van der Waals surface area contributed by atoms with Gasteiger partial charge in [0.25, 0.3) is 0 Å². The number of nitrogens with one attached hydrogen (secondary N) is 1. The summed E-state index contributed by atoms with van der Waals surface area (Å²) in [6.07, 6.45) is 5.83. The van der Waals surface area contributed by atoms with Crippen molar-refractivity contribution in [3.05, 3.63) is 32.9 Å². The van der Waals surface area contributed by atoms with Crippen LogP contribution in [-0.4, -0.2) is 18.1 Å². The third-order valence-corrected chi connectivity index (χ3v) is 5.63. The lowest BCUT2D eigenvalue weighted by atomic mass is 9.94. The van der Waals surface area contributed by atoms with Gasteiger partial charge in [-0.1, -0.05) is 6.08 Å². The van der Waals surface area contributed by atoms with Gasteiger partial charge in [-0.25, -0.2) is 0 Å². The maximum absolute atomic E-state index is 3.74. The molecule has 1 heterocycles.